The van der Waals surface area contributed by atoms with Crippen LogP contribution in [0.15, 0.2) is 40.7 Å². The number of aliphatic imine (C=N–C) groups is 1. The predicted octanol–water partition coefficient (Wildman–Crippen LogP) is 3.02. The van der Waals surface area contributed by atoms with Gasteiger partial charge in [0.2, 0.25) is 0 Å². The van der Waals surface area contributed by atoms with Crippen LogP contribution >= 0.6 is 35.3 Å². The second-order valence-corrected chi connectivity index (χ2v) is 5.83. The molecular weight excluding hydrogens is 407 g/mol. The van der Waals surface area contributed by atoms with E-state index in [9.17, 15) is 0 Å². The summed E-state index contributed by atoms with van der Waals surface area (Å²) in [5, 5.41) is 9.88. The van der Waals surface area contributed by atoms with Crippen molar-refractivity contribution in [3.63, 3.8) is 0 Å². The zero-order chi connectivity index (χ0) is 14.9. The summed E-state index contributed by atoms with van der Waals surface area (Å²) in [4.78, 5) is 8.69. The van der Waals surface area contributed by atoms with E-state index in [2.05, 4.69) is 50.3 Å². The first-order valence-electron chi connectivity index (χ1n) is 7.17. The van der Waals surface area contributed by atoms with E-state index in [1.165, 1.54) is 5.56 Å². The second kappa shape index (κ2) is 10.6. The van der Waals surface area contributed by atoms with Crippen LogP contribution in [-0.2, 0) is 12.8 Å². The van der Waals surface area contributed by atoms with E-state index < -0.39 is 0 Å². The number of nitrogens with zero attached hydrogens (tertiary/aromatic N) is 2. The van der Waals surface area contributed by atoms with E-state index >= 15 is 0 Å². The SMILES string of the molecule is CN=C(NCCc1ccccc1)NCCc1csc(C)n1.I. The number of thiazole rings is 1. The van der Waals surface area contributed by atoms with E-state index in [-0.39, 0.29) is 24.0 Å². The summed E-state index contributed by atoms with van der Waals surface area (Å²) < 4.78 is 0. The lowest BCUT2D eigenvalue weighted by atomic mass is 10.1. The maximum atomic E-state index is 4.45. The first-order chi connectivity index (χ1) is 10.3. The molecular formula is C16H23IN4S. The number of hydrogen-bond acceptors (Lipinski definition) is 3. The van der Waals surface area contributed by atoms with Gasteiger partial charge in [-0.15, -0.1) is 35.3 Å². The van der Waals surface area contributed by atoms with Crippen molar-refractivity contribution in [2.45, 2.75) is 19.8 Å². The molecule has 4 nitrogen and oxygen atoms in total. The van der Waals surface area contributed by atoms with Crippen molar-refractivity contribution >= 4 is 41.3 Å². The molecule has 1 aromatic carbocycles. The van der Waals surface area contributed by atoms with E-state index in [0.29, 0.717) is 0 Å². The summed E-state index contributed by atoms with van der Waals surface area (Å²) >= 11 is 1.70. The minimum Gasteiger partial charge on any atom is -0.356 e. The summed E-state index contributed by atoms with van der Waals surface area (Å²) in [6.07, 6.45) is 1.91. The molecule has 22 heavy (non-hydrogen) atoms. The number of benzene rings is 1. The Hall–Kier alpha value is -1.15. The highest BCUT2D eigenvalue weighted by molar-refractivity contribution is 14.0. The van der Waals surface area contributed by atoms with E-state index in [4.69, 9.17) is 0 Å². The number of guanidine groups is 1. The maximum absolute atomic E-state index is 4.45. The average molecular weight is 430 g/mol. The Kier molecular flexibility index (Phi) is 9.07. The van der Waals surface area contributed by atoms with Gasteiger partial charge in [-0.2, -0.15) is 0 Å². The third-order valence-corrected chi connectivity index (χ3v) is 3.94. The molecule has 0 aliphatic rings. The van der Waals surface area contributed by atoms with Crippen molar-refractivity contribution in [2.24, 2.45) is 4.99 Å². The molecule has 0 unspecified atom stereocenters. The lowest BCUT2D eigenvalue weighted by Crippen LogP contribution is -2.39. The predicted molar refractivity (Wildman–Crippen MR) is 105 cm³/mol. The van der Waals surface area contributed by atoms with E-state index in [0.717, 1.165) is 42.6 Å². The van der Waals surface area contributed by atoms with Gasteiger partial charge in [0, 0.05) is 31.9 Å². The first kappa shape index (κ1) is 18.9. The van der Waals surface area contributed by atoms with Crippen molar-refractivity contribution in [3.8, 4) is 0 Å². The van der Waals surface area contributed by atoms with Gasteiger partial charge in [-0.1, -0.05) is 30.3 Å². The molecule has 120 valence electrons. The lowest BCUT2D eigenvalue weighted by molar-refractivity contribution is 0.777. The maximum Gasteiger partial charge on any atom is 0.190 e. The van der Waals surface area contributed by atoms with Gasteiger partial charge in [0.25, 0.3) is 0 Å². The molecule has 6 heteroatoms. The Balaban J connectivity index is 0.00000242. The minimum atomic E-state index is 0. The Morgan fingerprint density at radius 2 is 1.82 bits per heavy atom. The smallest absolute Gasteiger partial charge is 0.190 e. The van der Waals surface area contributed by atoms with Crippen LogP contribution in [0.1, 0.15) is 16.3 Å². The average Bonchev–Trinajstić information content (AvgIpc) is 2.92. The van der Waals surface area contributed by atoms with Crippen molar-refractivity contribution < 1.29 is 0 Å². The van der Waals surface area contributed by atoms with Crippen molar-refractivity contribution in [1.82, 2.24) is 15.6 Å². The molecule has 1 aromatic heterocycles. The van der Waals surface area contributed by atoms with Crippen LogP contribution in [0.2, 0.25) is 0 Å². The van der Waals surface area contributed by atoms with Crippen LogP contribution < -0.4 is 10.6 Å². The summed E-state index contributed by atoms with van der Waals surface area (Å²) in [7, 11) is 1.80. The van der Waals surface area contributed by atoms with Gasteiger partial charge in [-0.05, 0) is 18.9 Å². The molecule has 0 atom stereocenters. The van der Waals surface area contributed by atoms with E-state index in [1.807, 2.05) is 13.0 Å². The third kappa shape index (κ3) is 6.74. The van der Waals surface area contributed by atoms with E-state index in [1.54, 1.807) is 18.4 Å². The van der Waals surface area contributed by atoms with Crippen LogP contribution in [-0.4, -0.2) is 31.1 Å². The van der Waals surface area contributed by atoms with Crippen molar-refractivity contribution in [3.05, 3.63) is 52.0 Å². The Bertz CT molecular complexity index is 569. The fraction of sp³-hybridized carbons (Fsp3) is 0.375. The van der Waals surface area contributed by atoms with Gasteiger partial charge in [-0.3, -0.25) is 4.99 Å². The highest BCUT2D eigenvalue weighted by Gasteiger charge is 2.00. The molecule has 0 spiro atoms. The summed E-state index contributed by atoms with van der Waals surface area (Å²) in [6, 6.07) is 10.5. The van der Waals surface area contributed by atoms with Gasteiger partial charge < -0.3 is 10.6 Å². The fourth-order valence-electron chi connectivity index (χ4n) is 2.02. The zero-order valence-corrected chi connectivity index (χ0v) is 16.2. The molecule has 0 saturated heterocycles. The highest BCUT2D eigenvalue weighted by Crippen LogP contribution is 2.07. The first-order valence-corrected chi connectivity index (χ1v) is 8.05. The number of hydrogen-bond donors (Lipinski definition) is 2. The van der Waals surface area contributed by atoms with Crippen LogP contribution in [0.25, 0.3) is 0 Å². The molecule has 0 saturated carbocycles. The van der Waals surface area contributed by atoms with Crippen molar-refractivity contribution in [2.75, 3.05) is 20.1 Å². The van der Waals surface area contributed by atoms with Gasteiger partial charge >= 0.3 is 0 Å². The largest absolute Gasteiger partial charge is 0.356 e. The third-order valence-electron chi connectivity index (χ3n) is 3.11. The molecule has 0 fully saturated rings. The van der Waals surface area contributed by atoms with Gasteiger partial charge in [0.15, 0.2) is 5.96 Å². The van der Waals surface area contributed by atoms with Crippen LogP contribution in [0.5, 0.6) is 0 Å². The van der Waals surface area contributed by atoms with Gasteiger partial charge in [-0.25, -0.2) is 4.98 Å². The molecule has 0 radical (unpaired) electrons. The zero-order valence-electron chi connectivity index (χ0n) is 13.0. The molecule has 0 bridgehead atoms. The molecule has 2 rings (SSSR count). The van der Waals surface area contributed by atoms with Crippen LogP contribution in [0.4, 0.5) is 0 Å². The van der Waals surface area contributed by atoms with Crippen LogP contribution in [0.3, 0.4) is 0 Å². The Morgan fingerprint density at radius 1 is 1.14 bits per heavy atom. The summed E-state index contributed by atoms with van der Waals surface area (Å²) in [6.45, 7) is 3.75. The highest BCUT2D eigenvalue weighted by atomic mass is 127. The second-order valence-electron chi connectivity index (χ2n) is 4.77. The Morgan fingerprint density at radius 3 is 2.41 bits per heavy atom. The topological polar surface area (TPSA) is 49.3 Å². The number of nitrogens with one attached hydrogen (secondary N) is 2. The Labute approximate surface area is 153 Å². The normalized spacial score (nSPS) is 10.9. The standard InChI is InChI=1S/C16H22N4S.HI/c1-13-20-15(12-21-13)9-11-19-16(17-2)18-10-8-14-6-4-3-5-7-14;/h3-7,12H,8-11H2,1-2H3,(H2,17,18,19);1H. The number of rotatable bonds is 6. The molecule has 2 N–H and O–H groups in total. The summed E-state index contributed by atoms with van der Waals surface area (Å²) in [5.41, 5.74) is 2.48. The van der Waals surface area contributed by atoms with Gasteiger partial charge in [0.1, 0.15) is 0 Å². The monoisotopic (exact) mass is 430 g/mol. The quantitative estimate of drug-likeness (QED) is 0.421. The molecule has 0 aliphatic heterocycles. The lowest BCUT2D eigenvalue weighted by Gasteiger charge is -2.11. The molecule has 1 heterocycles. The number of halogens is 1. The van der Waals surface area contributed by atoms with Crippen LogP contribution in [0, 0.1) is 6.92 Å². The number of aromatic nitrogens is 1. The minimum absolute atomic E-state index is 0. The fourth-order valence-corrected chi connectivity index (χ4v) is 2.67. The molecule has 0 aliphatic carbocycles. The molecule has 0 amide bonds. The molecule has 2 aromatic rings. The van der Waals surface area contributed by atoms with Crippen molar-refractivity contribution in [1.29, 1.82) is 0 Å². The number of aryl methyl sites for hydroxylation is 1. The summed E-state index contributed by atoms with van der Waals surface area (Å²) in [5.74, 6) is 0.845. The van der Waals surface area contributed by atoms with Gasteiger partial charge in [0.05, 0.1) is 10.7 Å².